The van der Waals surface area contributed by atoms with Crippen LogP contribution in [0.2, 0.25) is 5.02 Å². The number of rotatable bonds is 9. The lowest BCUT2D eigenvalue weighted by Gasteiger charge is -2.32. The molecule has 2 saturated heterocycles. The first-order valence-electron chi connectivity index (χ1n) is 11.8. The predicted molar refractivity (Wildman–Crippen MR) is 141 cm³/mol. The van der Waals surface area contributed by atoms with Crippen LogP contribution in [0, 0.1) is 11.7 Å². The van der Waals surface area contributed by atoms with Gasteiger partial charge in [-0.25, -0.2) is 17.8 Å². The Morgan fingerprint density at radius 2 is 2.11 bits per heavy atom. The van der Waals surface area contributed by atoms with Crippen molar-refractivity contribution in [3.05, 3.63) is 64.4 Å². The molecule has 2 aromatic carbocycles. The van der Waals surface area contributed by atoms with Gasteiger partial charge in [0.05, 0.1) is 17.8 Å². The second kappa shape index (κ2) is 10.2. The van der Waals surface area contributed by atoms with E-state index in [0.29, 0.717) is 18.2 Å². The molecule has 2 aliphatic rings. The topological polar surface area (TPSA) is 83.6 Å². The molecule has 0 amide bonds. The Bertz CT molecular complexity index is 1320. The fraction of sp³-hybridized carbons (Fsp3) is 0.400. The molecule has 36 heavy (non-hydrogen) atoms. The normalized spacial score (nSPS) is 21.9. The molecule has 3 aromatic rings. The molecule has 2 fully saturated rings. The number of fused-ring (bicyclic) bond motifs is 1. The lowest BCUT2D eigenvalue weighted by atomic mass is 9.87. The number of nitrogens with one attached hydrogen (secondary N) is 2. The molecule has 0 radical (unpaired) electrons. The summed E-state index contributed by atoms with van der Waals surface area (Å²) in [6.07, 6.45) is 5.68. The Balaban J connectivity index is 1.27. The molecule has 2 atom stereocenters. The van der Waals surface area contributed by atoms with E-state index in [1.807, 2.05) is 12.1 Å². The minimum atomic E-state index is -4.15. The minimum Gasteiger partial charge on any atom is -0.497 e. The van der Waals surface area contributed by atoms with Gasteiger partial charge in [-0.1, -0.05) is 23.7 Å². The smallest absolute Gasteiger partial charge is 0.266 e. The summed E-state index contributed by atoms with van der Waals surface area (Å²) in [7, 11) is -2.48. The zero-order valence-electron chi connectivity index (χ0n) is 19.8. The van der Waals surface area contributed by atoms with Crippen molar-refractivity contribution >= 4 is 43.8 Å². The van der Waals surface area contributed by atoms with E-state index in [-0.39, 0.29) is 15.7 Å². The Morgan fingerprint density at radius 3 is 2.83 bits per heavy atom. The molecule has 5 rings (SSSR count). The number of halogens is 2. The molecule has 1 aromatic heterocycles. The molecule has 0 spiro atoms. The van der Waals surface area contributed by atoms with Gasteiger partial charge in [0.1, 0.15) is 16.5 Å². The third-order valence-corrected chi connectivity index (χ3v) is 9.63. The predicted octanol–water partition coefficient (Wildman–Crippen LogP) is 5.25. The highest BCUT2D eigenvalue weighted by Crippen LogP contribution is 2.43. The molecule has 0 aliphatic carbocycles. The van der Waals surface area contributed by atoms with Crippen LogP contribution in [0.1, 0.15) is 24.8 Å². The fourth-order valence-corrected chi connectivity index (χ4v) is 7.67. The van der Waals surface area contributed by atoms with Crippen LogP contribution < -0.4 is 14.8 Å². The number of anilines is 2. The number of hydrogen-bond acceptors (Lipinski definition) is 7. The van der Waals surface area contributed by atoms with Crippen LogP contribution in [0.3, 0.4) is 0 Å². The van der Waals surface area contributed by atoms with Gasteiger partial charge >= 0.3 is 0 Å². The first kappa shape index (κ1) is 25.3. The third kappa shape index (κ3) is 5.18. The number of nitrogens with zero attached hydrogens (tertiary/aromatic N) is 2. The van der Waals surface area contributed by atoms with Crippen molar-refractivity contribution in [3.63, 3.8) is 0 Å². The van der Waals surface area contributed by atoms with Crippen LogP contribution in [0.15, 0.2) is 52.9 Å². The summed E-state index contributed by atoms with van der Waals surface area (Å²) in [4.78, 5) is 5.92. The average molecular weight is 551 g/mol. The Labute approximate surface area is 219 Å². The summed E-state index contributed by atoms with van der Waals surface area (Å²) in [5.74, 6) is 0.515. The highest BCUT2D eigenvalue weighted by atomic mass is 35.5. The van der Waals surface area contributed by atoms with Crippen LogP contribution in [0.4, 0.5) is 15.2 Å². The molecule has 11 heteroatoms. The Kier molecular flexibility index (Phi) is 7.13. The van der Waals surface area contributed by atoms with Crippen LogP contribution in [-0.4, -0.2) is 50.6 Å². The number of hydrogen-bond donors (Lipinski definition) is 2. The first-order chi connectivity index (χ1) is 17.3. The maximum absolute atomic E-state index is 14.9. The van der Waals surface area contributed by atoms with Crippen LogP contribution in [-0.2, 0) is 16.4 Å². The van der Waals surface area contributed by atoms with E-state index in [2.05, 4.69) is 32.1 Å². The van der Waals surface area contributed by atoms with Crippen molar-refractivity contribution in [1.29, 1.82) is 0 Å². The molecule has 2 aliphatic heterocycles. The molecule has 2 N–H and O–H groups in total. The third-order valence-electron chi connectivity index (χ3n) is 7.14. The van der Waals surface area contributed by atoms with Gasteiger partial charge in [0, 0.05) is 30.2 Å². The van der Waals surface area contributed by atoms with Gasteiger partial charge in [-0.05, 0) is 68.0 Å². The van der Waals surface area contributed by atoms with Crippen LogP contribution in [0.25, 0.3) is 0 Å². The summed E-state index contributed by atoms with van der Waals surface area (Å²) in [6, 6.07) is 10.5. The lowest BCUT2D eigenvalue weighted by Crippen LogP contribution is -2.44. The highest BCUT2D eigenvalue weighted by Gasteiger charge is 2.48. The molecule has 7 nitrogen and oxygen atoms in total. The maximum Gasteiger partial charge on any atom is 0.266 e. The van der Waals surface area contributed by atoms with E-state index in [1.165, 1.54) is 17.8 Å². The van der Waals surface area contributed by atoms with Crippen molar-refractivity contribution in [1.82, 2.24) is 9.88 Å². The number of benzene rings is 2. The Hall–Kier alpha value is -2.40. The van der Waals surface area contributed by atoms with Crippen molar-refractivity contribution in [2.75, 3.05) is 36.8 Å². The number of ether oxygens (including phenoxy) is 1. The quantitative estimate of drug-likeness (QED) is 0.378. The number of thiazole rings is 1. The minimum absolute atomic E-state index is 0.0198. The molecule has 3 heterocycles. The van der Waals surface area contributed by atoms with E-state index in [4.69, 9.17) is 16.3 Å². The highest BCUT2D eigenvalue weighted by molar-refractivity contribution is 7.93. The van der Waals surface area contributed by atoms with Gasteiger partial charge < -0.3 is 10.1 Å². The molecular weight excluding hydrogens is 523 g/mol. The van der Waals surface area contributed by atoms with E-state index < -0.39 is 20.7 Å². The van der Waals surface area contributed by atoms with Crippen molar-refractivity contribution in [3.8, 4) is 5.75 Å². The van der Waals surface area contributed by atoms with E-state index >= 15 is 0 Å². The second-order valence-corrected chi connectivity index (χ2v) is 12.4. The van der Waals surface area contributed by atoms with E-state index in [9.17, 15) is 12.8 Å². The second-order valence-electron chi connectivity index (χ2n) is 9.46. The first-order valence-corrected chi connectivity index (χ1v) is 14.6. The van der Waals surface area contributed by atoms with Crippen LogP contribution in [0.5, 0.6) is 5.75 Å². The number of aromatic nitrogens is 1. The molecule has 0 saturated carbocycles. The number of methoxy groups -OCH3 is 1. The molecule has 192 valence electrons. The van der Waals surface area contributed by atoms with Gasteiger partial charge in [-0.15, -0.1) is 11.3 Å². The van der Waals surface area contributed by atoms with Gasteiger partial charge in [0.25, 0.3) is 10.0 Å². The molecular formula is C25H28ClFN4O3S2. The van der Waals surface area contributed by atoms with Crippen molar-refractivity contribution < 1.29 is 17.5 Å². The zero-order valence-corrected chi connectivity index (χ0v) is 22.2. The van der Waals surface area contributed by atoms with E-state index in [1.54, 1.807) is 12.5 Å². The monoisotopic (exact) mass is 550 g/mol. The van der Waals surface area contributed by atoms with Gasteiger partial charge in [0.15, 0.2) is 5.13 Å². The number of sulfonamides is 1. The average Bonchev–Trinajstić information content (AvgIpc) is 3.56. The lowest BCUT2D eigenvalue weighted by molar-refractivity contribution is 0.209. The molecule has 0 bridgehead atoms. The maximum atomic E-state index is 14.9. The van der Waals surface area contributed by atoms with Crippen molar-refractivity contribution in [2.24, 2.45) is 5.92 Å². The summed E-state index contributed by atoms with van der Waals surface area (Å²) in [5.41, 5.74) is 1.66. The largest absolute Gasteiger partial charge is 0.497 e. The van der Waals surface area contributed by atoms with Crippen LogP contribution >= 0.6 is 22.9 Å². The summed E-state index contributed by atoms with van der Waals surface area (Å²) in [5, 5.41) is 5.28. The Morgan fingerprint density at radius 1 is 1.31 bits per heavy atom. The van der Waals surface area contributed by atoms with Gasteiger partial charge in [-0.2, -0.15) is 0 Å². The molecule has 0 unspecified atom stereocenters. The summed E-state index contributed by atoms with van der Waals surface area (Å²) in [6.45, 7) is 2.69. The fourth-order valence-electron chi connectivity index (χ4n) is 5.50. The standard InChI is InChI=1S/C25H28ClFN4O3S2/c1-34-19-5-3-17(4-6-19)11-18-14-25(7-2-9-31(25)15-18)16-29-22-13-21(27)23(12-20(22)26)36(32,33)30-24-28-8-10-35-24/h3-6,8,10,12-13,18,29H,2,7,9,11,14-16H2,1H3,(H,28,30)/t18-,25+/m0/s1. The summed E-state index contributed by atoms with van der Waals surface area (Å²) < 4.78 is 47.8. The van der Waals surface area contributed by atoms with Crippen molar-refractivity contribution in [2.45, 2.75) is 36.1 Å². The SMILES string of the molecule is COc1ccc(C[C@@H]2CN3CCC[C@]3(CNc3cc(F)c(S(=O)(=O)Nc4nccs4)cc3Cl)C2)cc1. The van der Waals surface area contributed by atoms with Gasteiger partial charge in [-0.3, -0.25) is 9.62 Å². The summed E-state index contributed by atoms with van der Waals surface area (Å²) >= 11 is 7.53. The van der Waals surface area contributed by atoms with Gasteiger partial charge in [0.2, 0.25) is 0 Å². The zero-order chi connectivity index (χ0) is 25.3. The van der Waals surface area contributed by atoms with E-state index in [0.717, 1.165) is 61.9 Å².